The zero-order valence-electron chi connectivity index (χ0n) is 13.2. The molecule has 0 aromatic heterocycles. The molecule has 1 N–H and O–H groups in total. The molecule has 1 amide bonds. The average Bonchev–Trinajstić information content (AvgIpc) is 2.75. The number of oxime groups is 1. The number of fused-ring (bicyclic) bond motifs is 2. The zero-order valence-corrected chi connectivity index (χ0v) is 13.2. The second-order valence-corrected chi connectivity index (χ2v) is 5.56. The van der Waals surface area contributed by atoms with Gasteiger partial charge in [0.05, 0.1) is 0 Å². The Kier molecular flexibility index (Phi) is 4.71. The lowest BCUT2D eigenvalue weighted by molar-refractivity contribution is 0.151. The van der Waals surface area contributed by atoms with Gasteiger partial charge in [0.2, 0.25) is 0 Å². The molecule has 0 saturated carbocycles. The lowest BCUT2D eigenvalue weighted by atomic mass is 9.98. The maximum Gasteiger partial charge on any atom is 0.433 e. The summed E-state index contributed by atoms with van der Waals surface area (Å²) >= 11 is 0. The number of aryl methyl sites for hydroxylation is 2. The molecular weight excluding hydrogens is 288 g/mol. The third kappa shape index (κ3) is 3.42. The van der Waals surface area contributed by atoms with Crippen LogP contribution in [-0.2, 0) is 17.7 Å². The van der Waals surface area contributed by atoms with Gasteiger partial charge in [0, 0.05) is 17.7 Å². The number of hydrogen-bond acceptors (Lipinski definition) is 3. The van der Waals surface area contributed by atoms with E-state index >= 15 is 0 Å². The molecule has 0 aliphatic heterocycles. The number of carbonyl (C=O) groups is 1. The molecule has 4 heteroatoms. The van der Waals surface area contributed by atoms with E-state index in [-0.39, 0.29) is 0 Å². The Labute approximate surface area is 136 Å². The highest BCUT2D eigenvalue weighted by atomic mass is 16.7. The molecule has 118 valence electrons. The first-order chi connectivity index (χ1) is 11.3. The maximum atomic E-state index is 11.7. The van der Waals surface area contributed by atoms with Crippen LogP contribution in [0.25, 0.3) is 0 Å². The lowest BCUT2D eigenvalue weighted by Gasteiger charge is -2.09. The number of benzene rings is 2. The van der Waals surface area contributed by atoms with Gasteiger partial charge in [0.1, 0.15) is 5.71 Å². The fourth-order valence-corrected chi connectivity index (χ4v) is 2.80. The van der Waals surface area contributed by atoms with Crippen LogP contribution in [-0.4, -0.2) is 18.3 Å². The van der Waals surface area contributed by atoms with Gasteiger partial charge in [-0.25, -0.2) is 4.79 Å². The molecule has 23 heavy (non-hydrogen) atoms. The van der Waals surface area contributed by atoms with Crippen molar-refractivity contribution in [1.82, 2.24) is 5.32 Å². The standard InChI is InChI=1S/C19H20N2O2/c1-2-13-20-19(22)23-21-18-16-9-5-3-7-14(16)11-12-15-8-4-6-10-17(15)18/h3-10H,2,11-13H2,1H3,(H,20,22). The molecule has 0 saturated heterocycles. The maximum absolute atomic E-state index is 11.7. The van der Waals surface area contributed by atoms with Crippen LogP contribution in [0.3, 0.4) is 0 Å². The zero-order chi connectivity index (χ0) is 16.1. The van der Waals surface area contributed by atoms with Gasteiger partial charge >= 0.3 is 6.09 Å². The lowest BCUT2D eigenvalue weighted by Crippen LogP contribution is -2.24. The minimum absolute atomic E-state index is 0.515. The summed E-state index contributed by atoms with van der Waals surface area (Å²) in [6, 6.07) is 16.3. The molecule has 3 rings (SSSR count). The van der Waals surface area contributed by atoms with Gasteiger partial charge in [-0.2, -0.15) is 0 Å². The van der Waals surface area contributed by atoms with E-state index in [0.717, 1.165) is 36.1 Å². The van der Waals surface area contributed by atoms with Gasteiger partial charge < -0.3 is 5.32 Å². The molecule has 2 aromatic rings. The molecule has 2 aromatic carbocycles. The number of rotatable bonds is 3. The van der Waals surface area contributed by atoms with Crippen LogP contribution in [0.2, 0.25) is 0 Å². The summed E-state index contributed by atoms with van der Waals surface area (Å²) in [6.07, 6.45) is 2.25. The topological polar surface area (TPSA) is 50.7 Å². The quantitative estimate of drug-likeness (QED) is 0.694. The second kappa shape index (κ2) is 7.09. The Morgan fingerprint density at radius 1 is 1.04 bits per heavy atom. The highest BCUT2D eigenvalue weighted by Gasteiger charge is 2.20. The fraction of sp³-hybridized carbons (Fsp3) is 0.263. The molecule has 0 heterocycles. The van der Waals surface area contributed by atoms with Gasteiger partial charge in [-0.1, -0.05) is 60.6 Å². The van der Waals surface area contributed by atoms with E-state index in [4.69, 9.17) is 4.84 Å². The predicted molar refractivity (Wildman–Crippen MR) is 90.7 cm³/mol. The first-order valence-corrected chi connectivity index (χ1v) is 7.99. The highest BCUT2D eigenvalue weighted by molar-refractivity contribution is 6.14. The van der Waals surface area contributed by atoms with E-state index < -0.39 is 6.09 Å². The highest BCUT2D eigenvalue weighted by Crippen LogP contribution is 2.25. The Bertz CT molecular complexity index is 688. The largest absolute Gasteiger partial charge is 0.433 e. The molecule has 4 nitrogen and oxygen atoms in total. The summed E-state index contributed by atoms with van der Waals surface area (Å²) in [4.78, 5) is 16.8. The number of hydrogen-bond donors (Lipinski definition) is 1. The van der Waals surface area contributed by atoms with Crippen LogP contribution in [0.4, 0.5) is 4.79 Å². The Morgan fingerprint density at radius 2 is 1.61 bits per heavy atom. The Balaban J connectivity index is 1.98. The first-order valence-electron chi connectivity index (χ1n) is 7.99. The first kappa shape index (κ1) is 15.3. The van der Waals surface area contributed by atoms with Crippen molar-refractivity contribution in [3.63, 3.8) is 0 Å². The minimum Gasteiger partial charge on any atom is -0.320 e. The summed E-state index contributed by atoms with van der Waals surface area (Å²) < 4.78 is 0. The molecule has 0 fully saturated rings. The van der Waals surface area contributed by atoms with Crippen LogP contribution in [0, 0.1) is 0 Å². The van der Waals surface area contributed by atoms with Crippen molar-refractivity contribution in [1.29, 1.82) is 0 Å². The van der Waals surface area contributed by atoms with Gasteiger partial charge in [-0.3, -0.25) is 4.84 Å². The van der Waals surface area contributed by atoms with Crippen LogP contribution in [0.5, 0.6) is 0 Å². The van der Waals surface area contributed by atoms with Crippen molar-refractivity contribution in [2.45, 2.75) is 26.2 Å². The van der Waals surface area contributed by atoms with E-state index in [1.54, 1.807) is 0 Å². The summed E-state index contributed by atoms with van der Waals surface area (Å²) in [5, 5.41) is 6.85. The third-order valence-electron chi connectivity index (χ3n) is 3.95. The van der Waals surface area contributed by atoms with Gasteiger partial charge in [0.25, 0.3) is 0 Å². The number of amides is 1. The van der Waals surface area contributed by atoms with E-state index in [2.05, 4.69) is 22.6 Å². The summed E-state index contributed by atoms with van der Waals surface area (Å²) in [6.45, 7) is 2.57. The molecule has 1 aliphatic rings. The van der Waals surface area contributed by atoms with E-state index in [1.807, 2.05) is 43.3 Å². The van der Waals surface area contributed by atoms with E-state index in [9.17, 15) is 4.79 Å². The van der Waals surface area contributed by atoms with Crippen molar-refractivity contribution in [3.8, 4) is 0 Å². The minimum atomic E-state index is -0.515. The molecule has 0 radical (unpaired) electrons. The van der Waals surface area contributed by atoms with Gasteiger partial charge in [-0.15, -0.1) is 0 Å². The molecule has 0 atom stereocenters. The summed E-state index contributed by atoms with van der Waals surface area (Å²) in [7, 11) is 0. The molecule has 0 bridgehead atoms. The molecule has 1 aliphatic carbocycles. The fourth-order valence-electron chi connectivity index (χ4n) is 2.80. The number of nitrogens with one attached hydrogen (secondary N) is 1. The Hall–Kier alpha value is -2.62. The Morgan fingerprint density at radius 3 is 2.17 bits per heavy atom. The van der Waals surface area contributed by atoms with E-state index in [0.29, 0.717) is 6.54 Å². The SMILES string of the molecule is CCCNC(=O)ON=C1c2ccccc2CCc2ccccc21. The molecule has 0 unspecified atom stereocenters. The van der Waals surface area contributed by atoms with Gasteiger partial charge in [-0.05, 0) is 30.4 Å². The van der Waals surface area contributed by atoms with Crippen molar-refractivity contribution < 1.29 is 9.63 Å². The summed E-state index contributed by atoms with van der Waals surface area (Å²) in [5.41, 5.74) is 5.22. The van der Waals surface area contributed by atoms with Crippen LogP contribution >= 0.6 is 0 Å². The van der Waals surface area contributed by atoms with Crippen LogP contribution in [0.15, 0.2) is 53.7 Å². The normalized spacial score (nSPS) is 12.7. The van der Waals surface area contributed by atoms with Crippen LogP contribution < -0.4 is 5.32 Å². The third-order valence-corrected chi connectivity index (χ3v) is 3.95. The number of carbonyl (C=O) groups excluding carboxylic acids is 1. The van der Waals surface area contributed by atoms with Crippen molar-refractivity contribution in [3.05, 3.63) is 70.8 Å². The molecular formula is C19H20N2O2. The smallest absolute Gasteiger partial charge is 0.320 e. The summed E-state index contributed by atoms with van der Waals surface area (Å²) in [5.74, 6) is 0. The predicted octanol–water partition coefficient (Wildman–Crippen LogP) is 3.67. The van der Waals surface area contributed by atoms with Crippen molar-refractivity contribution >= 4 is 11.8 Å². The molecule has 0 spiro atoms. The van der Waals surface area contributed by atoms with Crippen LogP contribution in [0.1, 0.15) is 35.6 Å². The van der Waals surface area contributed by atoms with Gasteiger partial charge in [0.15, 0.2) is 0 Å². The second-order valence-electron chi connectivity index (χ2n) is 5.56. The van der Waals surface area contributed by atoms with Crippen molar-refractivity contribution in [2.24, 2.45) is 5.16 Å². The van der Waals surface area contributed by atoms with Crippen molar-refractivity contribution in [2.75, 3.05) is 6.54 Å². The monoisotopic (exact) mass is 308 g/mol. The average molecular weight is 308 g/mol. The van der Waals surface area contributed by atoms with E-state index in [1.165, 1.54) is 11.1 Å². The number of nitrogens with zero attached hydrogens (tertiary/aromatic N) is 1.